The van der Waals surface area contributed by atoms with Crippen molar-refractivity contribution in [2.24, 2.45) is 0 Å². The maximum absolute atomic E-state index is 12.9. The van der Waals surface area contributed by atoms with Gasteiger partial charge in [-0.2, -0.15) is 5.10 Å². The Kier molecular flexibility index (Phi) is 5.34. The van der Waals surface area contributed by atoms with Crippen molar-refractivity contribution < 1.29 is 14.3 Å². The molecule has 0 bridgehead atoms. The number of nitrogens with one attached hydrogen (secondary N) is 1. The van der Waals surface area contributed by atoms with Gasteiger partial charge in [0, 0.05) is 29.0 Å². The highest BCUT2D eigenvalue weighted by molar-refractivity contribution is 5.97. The van der Waals surface area contributed by atoms with Crippen molar-refractivity contribution in [3.05, 3.63) is 89.5 Å². The van der Waals surface area contributed by atoms with Crippen LogP contribution in [-0.4, -0.2) is 29.9 Å². The van der Waals surface area contributed by atoms with Crippen molar-refractivity contribution in [1.29, 1.82) is 0 Å². The van der Waals surface area contributed by atoms with Crippen molar-refractivity contribution in [3.8, 4) is 28.4 Å². The van der Waals surface area contributed by atoms with E-state index in [1.807, 2.05) is 84.4 Å². The molecule has 5 rings (SSSR count). The SMILES string of the molecule is COc1ccc(OC)c([C@H]2CC(=O)Nc3c2c(-c2ccccc2)nn3-c2ccc(C)cc2)c1. The molecule has 1 atom stereocenters. The second kappa shape index (κ2) is 8.47. The molecule has 4 aromatic rings. The lowest BCUT2D eigenvalue weighted by Gasteiger charge is -2.26. The van der Waals surface area contributed by atoms with Gasteiger partial charge in [0.05, 0.1) is 25.6 Å². The lowest BCUT2D eigenvalue weighted by atomic mass is 9.83. The fourth-order valence-corrected chi connectivity index (χ4v) is 4.41. The van der Waals surface area contributed by atoms with E-state index in [4.69, 9.17) is 14.6 Å². The molecule has 1 N–H and O–H groups in total. The molecule has 0 fully saturated rings. The molecule has 0 saturated carbocycles. The molecular formula is C27H25N3O3. The average Bonchev–Trinajstić information content (AvgIpc) is 3.23. The number of rotatable bonds is 5. The van der Waals surface area contributed by atoms with Gasteiger partial charge in [0.1, 0.15) is 17.3 Å². The molecule has 1 amide bonds. The third-order valence-electron chi connectivity index (χ3n) is 6.06. The van der Waals surface area contributed by atoms with Crippen molar-refractivity contribution in [3.63, 3.8) is 0 Å². The Balaban J connectivity index is 1.78. The summed E-state index contributed by atoms with van der Waals surface area (Å²) >= 11 is 0. The molecule has 1 aromatic heterocycles. The van der Waals surface area contributed by atoms with Crippen LogP contribution in [0.2, 0.25) is 0 Å². The fraction of sp³-hybridized carbons (Fsp3) is 0.185. The Morgan fingerprint density at radius 3 is 2.42 bits per heavy atom. The zero-order valence-electron chi connectivity index (χ0n) is 18.8. The topological polar surface area (TPSA) is 65.4 Å². The van der Waals surface area contributed by atoms with Gasteiger partial charge in [0.15, 0.2) is 0 Å². The van der Waals surface area contributed by atoms with Crippen LogP contribution in [0.4, 0.5) is 5.82 Å². The molecule has 166 valence electrons. The van der Waals surface area contributed by atoms with Crippen LogP contribution in [-0.2, 0) is 4.79 Å². The van der Waals surface area contributed by atoms with E-state index >= 15 is 0 Å². The smallest absolute Gasteiger partial charge is 0.226 e. The summed E-state index contributed by atoms with van der Waals surface area (Å²) in [5.74, 6) is 1.80. The lowest BCUT2D eigenvalue weighted by Crippen LogP contribution is -2.25. The zero-order chi connectivity index (χ0) is 22.9. The quantitative estimate of drug-likeness (QED) is 0.456. The molecule has 1 aliphatic heterocycles. The predicted molar refractivity (Wildman–Crippen MR) is 128 cm³/mol. The number of carbonyl (C=O) groups excluding carboxylic acids is 1. The number of aryl methyl sites for hydroxylation is 1. The number of carbonyl (C=O) groups is 1. The highest BCUT2D eigenvalue weighted by Gasteiger charge is 2.36. The molecule has 1 aliphatic rings. The van der Waals surface area contributed by atoms with E-state index in [0.717, 1.165) is 33.6 Å². The van der Waals surface area contributed by atoms with Gasteiger partial charge in [0.25, 0.3) is 0 Å². The Labute approximate surface area is 192 Å². The number of amides is 1. The van der Waals surface area contributed by atoms with E-state index in [1.54, 1.807) is 14.2 Å². The first-order valence-electron chi connectivity index (χ1n) is 10.9. The molecular weight excluding hydrogens is 414 g/mol. The number of fused-ring (bicyclic) bond motifs is 1. The van der Waals surface area contributed by atoms with E-state index in [9.17, 15) is 4.79 Å². The highest BCUT2D eigenvalue weighted by Crippen LogP contribution is 2.46. The number of benzene rings is 3. The van der Waals surface area contributed by atoms with E-state index in [1.165, 1.54) is 0 Å². The summed E-state index contributed by atoms with van der Waals surface area (Å²) in [6.45, 7) is 2.05. The summed E-state index contributed by atoms with van der Waals surface area (Å²) in [5, 5.41) is 8.09. The molecule has 33 heavy (non-hydrogen) atoms. The van der Waals surface area contributed by atoms with Gasteiger partial charge in [0.2, 0.25) is 5.91 Å². The Morgan fingerprint density at radius 1 is 0.970 bits per heavy atom. The molecule has 2 heterocycles. The number of methoxy groups -OCH3 is 2. The fourth-order valence-electron chi connectivity index (χ4n) is 4.41. The summed E-state index contributed by atoms with van der Waals surface area (Å²) in [5.41, 5.74) is 5.73. The van der Waals surface area contributed by atoms with Gasteiger partial charge in [-0.05, 0) is 37.3 Å². The van der Waals surface area contributed by atoms with Crippen molar-refractivity contribution in [1.82, 2.24) is 9.78 Å². The number of hydrogen-bond acceptors (Lipinski definition) is 4. The highest BCUT2D eigenvalue weighted by atomic mass is 16.5. The molecule has 0 saturated heterocycles. The Bertz CT molecular complexity index is 1310. The van der Waals surface area contributed by atoms with Crippen LogP contribution in [0, 0.1) is 6.92 Å². The first-order chi connectivity index (χ1) is 16.1. The van der Waals surface area contributed by atoms with Crippen LogP contribution in [0.15, 0.2) is 72.8 Å². The van der Waals surface area contributed by atoms with Crippen LogP contribution >= 0.6 is 0 Å². The minimum absolute atomic E-state index is 0.0646. The zero-order valence-corrected chi connectivity index (χ0v) is 18.8. The second-order valence-electron chi connectivity index (χ2n) is 8.14. The normalized spacial score (nSPS) is 15.0. The molecule has 3 aromatic carbocycles. The summed E-state index contributed by atoms with van der Waals surface area (Å²) in [7, 11) is 3.28. The largest absolute Gasteiger partial charge is 0.497 e. The van der Waals surface area contributed by atoms with Crippen molar-refractivity contribution >= 4 is 11.7 Å². The minimum atomic E-state index is -0.242. The summed E-state index contributed by atoms with van der Waals surface area (Å²) in [4.78, 5) is 12.9. The molecule has 0 unspecified atom stereocenters. The molecule has 0 radical (unpaired) electrons. The first-order valence-corrected chi connectivity index (χ1v) is 10.9. The maximum atomic E-state index is 12.9. The van der Waals surface area contributed by atoms with Crippen LogP contribution in [0.25, 0.3) is 16.9 Å². The average molecular weight is 440 g/mol. The predicted octanol–water partition coefficient (Wildman–Crippen LogP) is 5.34. The van der Waals surface area contributed by atoms with E-state index in [2.05, 4.69) is 5.32 Å². The third kappa shape index (κ3) is 3.74. The summed E-state index contributed by atoms with van der Waals surface area (Å²) in [6, 6.07) is 23.9. The Hall–Kier alpha value is -4.06. The molecule has 6 nitrogen and oxygen atoms in total. The molecule has 0 spiro atoms. The summed E-state index contributed by atoms with van der Waals surface area (Å²) < 4.78 is 13.0. The number of anilines is 1. The van der Waals surface area contributed by atoms with Crippen LogP contribution in [0.1, 0.15) is 29.0 Å². The van der Waals surface area contributed by atoms with E-state index in [-0.39, 0.29) is 18.2 Å². The minimum Gasteiger partial charge on any atom is -0.497 e. The van der Waals surface area contributed by atoms with Gasteiger partial charge in [-0.1, -0.05) is 48.0 Å². The molecule has 6 heteroatoms. The van der Waals surface area contributed by atoms with Gasteiger partial charge in [-0.15, -0.1) is 0 Å². The van der Waals surface area contributed by atoms with Gasteiger partial charge >= 0.3 is 0 Å². The lowest BCUT2D eigenvalue weighted by molar-refractivity contribution is -0.116. The maximum Gasteiger partial charge on any atom is 0.226 e. The number of ether oxygens (including phenoxy) is 2. The standard InChI is InChI=1S/C27H25N3O3/c1-17-9-11-19(12-10-17)30-27-25(26(29-30)18-7-5-4-6-8-18)22(16-24(31)28-27)21-15-20(32-2)13-14-23(21)33-3/h4-15,22H,16H2,1-3H3,(H,28,31)/t22-/m1/s1. The van der Waals surface area contributed by atoms with Crippen LogP contribution in [0.3, 0.4) is 0 Å². The number of nitrogens with zero attached hydrogens (tertiary/aromatic N) is 2. The number of hydrogen-bond donors (Lipinski definition) is 1. The van der Waals surface area contributed by atoms with Gasteiger partial charge in [-0.25, -0.2) is 4.68 Å². The van der Waals surface area contributed by atoms with E-state index < -0.39 is 0 Å². The number of aromatic nitrogens is 2. The first kappa shape index (κ1) is 20.8. The summed E-state index contributed by atoms with van der Waals surface area (Å²) in [6.07, 6.45) is 0.288. The van der Waals surface area contributed by atoms with Crippen LogP contribution in [0.5, 0.6) is 11.5 Å². The van der Waals surface area contributed by atoms with E-state index in [0.29, 0.717) is 17.3 Å². The van der Waals surface area contributed by atoms with Gasteiger partial charge in [-0.3, -0.25) is 4.79 Å². The van der Waals surface area contributed by atoms with Gasteiger partial charge < -0.3 is 14.8 Å². The Morgan fingerprint density at radius 2 is 1.73 bits per heavy atom. The third-order valence-corrected chi connectivity index (χ3v) is 6.06. The monoisotopic (exact) mass is 439 g/mol. The second-order valence-corrected chi connectivity index (χ2v) is 8.14. The van der Waals surface area contributed by atoms with Crippen molar-refractivity contribution in [2.45, 2.75) is 19.3 Å². The van der Waals surface area contributed by atoms with Crippen LogP contribution < -0.4 is 14.8 Å². The molecule has 0 aliphatic carbocycles. The van der Waals surface area contributed by atoms with Crippen molar-refractivity contribution in [2.75, 3.05) is 19.5 Å².